The van der Waals surface area contributed by atoms with Crippen LogP contribution in [0.15, 0.2) is 47.4 Å². The van der Waals surface area contributed by atoms with Crippen LogP contribution in [0.5, 0.6) is 5.75 Å². The summed E-state index contributed by atoms with van der Waals surface area (Å²) < 4.78 is 1.18. The van der Waals surface area contributed by atoms with E-state index in [4.69, 9.17) is 4.84 Å². The molecule has 0 saturated carbocycles. The molecule has 2 heterocycles. The third-order valence-electron chi connectivity index (χ3n) is 3.74. The number of aromatic hydroxyl groups is 1. The number of aryl methyl sites for hydroxylation is 1. The summed E-state index contributed by atoms with van der Waals surface area (Å²) >= 11 is 0. The minimum atomic E-state index is -0.371. The van der Waals surface area contributed by atoms with Gasteiger partial charge in [-0.15, -0.1) is 4.73 Å². The van der Waals surface area contributed by atoms with Crippen LogP contribution in [-0.2, 0) is 13.0 Å². The summed E-state index contributed by atoms with van der Waals surface area (Å²) in [5, 5.41) is 10.9. The lowest BCUT2D eigenvalue weighted by Gasteiger charge is -2.14. The van der Waals surface area contributed by atoms with Crippen LogP contribution >= 0.6 is 0 Å². The predicted molar refractivity (Wildman–Crippen MR) is 88.5 cm³/mol. The van der Waals surface area contributed by atoms with Gasteiger partial charge in [0, 0.05) is 6.20 Å². The third-order valence-corrected chi connectivity index (χ3v) is 3.74. The molecule has 1 aromatic carbocycles. The summed E-state index contributed by atoms with van der Waals surface area (Å²) in [7, 11) is 0. The van der Waals surface area contributed by atoms with E-state index >= 15 is 0 Å². The molecule has 23 heavy (non-hydrogen) atoms. The van der Waals surface area contributed by atoms with Crippen LogP contribution in [0.1, 0.15) is 23.6 Å². The number of benzene rings is 1. The second-order valence-electron chi connectivity index (χ2n) is 5.42. The zero-order valence-electron chi connectivity index (χ0n) is 13.1. The van der Waals surface area contributed by atoms with Crippen LogP contribution in [0.2, 0.25) is 0 Å². The van der Waals surface area contributed by atoms with E-state index in [1.54, 1.807) is 12.3 Å². The van der Waals surface area contributed by atoms with E-state index in [0.717, 1.165) is 11.1 Å². The molecule has 0 aliphatic heterocycles. The van der Waals surface area contributed by atoms with Crippen LogP contribution in [0.3, 0.4) is 0 Å². The Hall–Kier alpha value is -2.82. The lowest BCUT2D eigenvalue weighted by Crippen LogP contribution is -2.30. The molecular formula is C18H18N2O3. The first-order valence-electron chi connectivity index (χ1n) is 7.52. The van der Waals surface area contributed by atoms with Crippen LogP contribution in [0.4, 0.5) is 0 Å². The normalized spacial score (nSPS) is 10.9. The van der Waals surface area contributed by atoms with Gasteiger partial charge in [0.15, 0.2) is 5.65 Å². The maximum Gasteiger partial charge on any atom is 0.292 e. The Kier molecular flexibility index (Phi) is 4.02. The molecule has 0 spiro atoms. The van der Waals surface area contributed by atoms with Crippen LogP contribution in [-0.4, -0.2) is 14.8 Å². The van der Waals surface area contributed by atoms with Crippen molar-refractivity contribution in [3.8, 4) is 5.75 Å². The Balaban J connectivity index is 2.13. The fourth-order valence-corrected chi connectivity index (χ4v) is 2.53. The molecule has 5 heteroatoms. The van der Waals surface area contributed by atoms with E-state index in [-0.39, 0.29) is 17.9 Å². The maximum atomic E-state index is 12.6. The molecule has 0 aliphatic rings. The van der Waals surface area contributed by atoms with Crippen molar-refractivity contribution < 1.29 is 9.94 Å². The SMILES string of the molecule is CCc1c(O)c2cc(C)cnc2n(OCc2ccccc2)c1=O. The van der Waals surface area contributed by atoms with Gasteiger partial charge in [-0.05, 0) is 30.5 Å². The Bertz CT molecular complexity index is 902. The van der Waals surface area contributed by atoms with Gasteiger partial charge in [-0.2, -0.15) is 0 Å². The Morgan fingerprint density at radius 2 is 2.00 bits per heavy atom. The fraction of sp³-hybridized carbons (Fsp3) is 0.222. The highest BCUT2D eigenvalue weighted by molar-refractivity contribution is 5.83. The van der Waals surface area contributed by atoms with E-state index in [9.17, 15) is 9.90 Å². The van der Waals surface area contributed by atoms with Crippen molar-refractivity contribution in [1.29, 1.82) is 0 Å². The molecule has 0 fully saturated rings. The van der Waals surface area contributed by atoms with E-state index in [0.29, 0.717) is 23.0 Å². The molecule has 5 nitrogen and oxygen atoms in total. The van der Waals surface area contributed by atoms with Gasteiger partial charge in [-0.25, -0.2) is 4.98 Å². The molecule has 118 valence electrons. The Labute approximate surface area is 133 Å². The lowest BCUT2D eigenvalue weighted by atomic mass is 10.1. The zero-order chi connectivity index (χ0) is 16.4. The fourth-order valence-electron chi connectivity index (χ4n) is 2.53. The second kappa shape index (κ2) is 6.12. The van der Waals surface area contributed by atoms with Gasteiger partial charge in [0.2, 0.25) is 0 Å². The summed E-state index contributed by atoms with van der Waals surface area (Å²) in [5.74, 6) is -0.0109. The quantitative estimate of drug-likeness (QED) is 0.804. The van der Waals surface area contributed by atoms with E-state index in [1.807, 2.05) is 44.2 Å². The Morgan fingerprint density at radius 3 is 2.70 bits per heavy atom. The predicted octanol–water partition coefficient (Wildman–Crippen LogP) is 2.60. The van der Waals surface area contributed by atoms with Gasteiger partial charge in [0.05, 0.1) is 10.9 Å². The first-order chi connectivity index (χ1) is 11.1. The van der Waals surface area contributed by atoms with Crippen LogP contribution in [0, 0.1) is 6.92 Å². The number of fused-ring (bicyclic) bond motifs is 1. The highest BCUT2D eigenvalue weighted by Crippen LogP contribution is 2.25. The molecular weight excluding hydrogens is 292 g/mol. The average Bonchev–Trinajstić information content (AvgIpc) is 2.56. The van der Waals surface area contributed by atoms with Gasteiger partial charge in [-0.3, -0.25) is 4.79 Å². The first-order valence-corrected chi connectivity index (χ1v) is 7.52. The second-order valence-corrected chi connectivity index (χ2v) is 5.42. The molecule has 3 aromatic rings. The average molecular weight is 310 g/mol. The molecule has 0 bridgehead atoms. The molecule has 0 aliphatic carbocycles. The topological polar surface area (TPSA) is 64.3 Å². The molecule has 3 rings (SSSR count). The molecule has 0 saturated heterocycles. The highest BCUT2D eigenvalue weighted by Gasteiger charge is 2.17. The third kappa shape index (κ3) is 2.77. The number of nitrogens with zero attached hydrogens (tertiary/aromatic N) is 2. The van der Waals surface area contributed by atoms with E-state index in [2.05, 4.69) is 4.98 Å². The first kappa shape index (κ1) is 15.1. The van der Waals surface area contributed by atoms with Crippen LogP contribution in [0.25, 0.3) is 11.0 Å². The van der Waals surface area contributed by atoms with Gasteiger partial charge in [0.1, 0.15) is 12.4 Å². The van der Waals surface area contributed by atoms with E-state index in [1.165, 1.54) is 4.73 Å². The smallest absolute Gasteiger partial charge is 0.292 e. The van der Waals surface area contributed by atoms with Crippen molar-refractivity contribution >= 4 is 11.0 Å². The van der Waals surface area contributed by atoms with Crippen molar-refractivity contribution in [3.05, 3.63) is 69.6 Å². The Morgan fingerprint density at radius 1 is 1.26 bits per heavy atom. The minimum Gasteiger partial charge on any atom is -0.507 e. The summed E-state index contributed by atoms with van der Waals surface area (Å²) in [6.07, 6.45) is 2.07. The van der Waals surface area contributed by atoms with Crippen molar-refractivity contribution in [2.75, 3.05) is 0 Å². The number of hydrogen-bond donors (Lipinski definition) is 1. The number of hydrogen-bond acceptors (Lipinski definition) is 4. The van der Waals surface area contributed by atoms with E-state index < -0.39 is 0 Å². The summed E-state index contributed by atoms with van der Waals surface area (Å²) in [6.45, 7) is 3.96. The molecule has 0 unspecified atom stereocenters. The van der Waals surface area contributed by atoms with Gasteiger partial charge < -0.3 is 9.94 Å². The number of pyridine rings is 2. The highest BCUT2D eigenvalue weighted by atomic mass is 16.7. The summed E-state index contributed by atoms with van der Waals surface area (Å²) in [4.78, 5) is 22.6. The van der Waals surface area contributed by atoms with Crippen molar-refractivity contribution in [1.82, 2.24) is 9.71 Å². The lowest BCUT2D eigenvalue weighted by molar-refractivity contribution is 0.0969. The molecule has 1 N–H and O–H groups in total. The largest absolute Gasteiger partial charge is 0.507 e. The standard InChI is InChI=1S/C18H18N2O3/c1-3-14-16(21)15-9-12(2)10-19-17(15)20(18(14)22)23-11-13-7-5-4-6-8-13/h4-10,21H,3,11H2,1-2H3. The molecule has 2 aromatic heterocycles. The molecule has 0 radical (unpaired) electrons. The van der Waals surface area contributed by atoms with Gasteiger partial charge >= 0.3 is 0 Å². The molecule has 0 amide bonds. The van der Waals surface area contributed by atoms with Crippen molar-refractivity contribution in [3.63, 3.8) is 0 Å². The van der Waals surface area contributed by atoms with Gasteiger partial charge in [-0.1, -0.05) is 37.3 Å². The number of aromatic nitrogens is 2. The van der Waals surface area contributed by atoms with Gasteiger partial charge in [0.25, 0.3) is 5.56 Å². The minimum absolute atomic E-state index is 0.0109. The monoisotopic (exact) mass is 310 g/mol. The van der Waals surface area contributed by atoms with Crippen molar-refractivity contribution in [2.24, 2.45) is 0 Å². The summed E-state index contributed by atoms with van der Waals surface area (Å²) in [5.41, 5.74) is 2.14. The zero-order valence-corrected chi connectivity index (χ0v) is 13.1. The maximum absolute atomic E-state index is 12.6. The number of rotatable bonds is 4. The van der Waals surface area contributed by atoms with Crippen molar-refractivity contribution in [2.45, 2.75) is 26.9 Å². The summed E-state index contributed by atoms with van der Waals surface area (Å²) in [6, 6.07) is 11.4. The molecule has 0 atom stereocenters. The van der Waals surface area contributed by atoms with Crippen LogP contribution < -0.4 is 10.4 Å².